The lowest BCUT2D eigenvalue weighted by Gasteiger charge is -1.96. The molecule has 1 N–H and O–H groups in total. The highest BCUT2D eigenvalue weighted by molar-refractivity contribution is 7.99. The normalized spacial score (nSPS) is 9.75. The molecule has 4 nitrogen and oxygen atoms in total. The average Bonchev–Trinajstić information content (AvgIpc) is 2.01. The molecule has 1 heterocycles. The first-order valence-corrected chi connectivity index (χ1v) is 4.23. The SMILES string of the molecule is Cc1n[c]cc(SCC(=O)O)n1. The molecule has 0 aromatic carbocycles. The predicted molar refractivity (Wildman–Crippen MR) is 44.0 cm³/mol. The molecule has 0 atom stereocenters. The van der Waals surface area contributed by atoms with Crippen LogP contribution in [0.2, 0.25) is 0 Å². The van der Waals surface area contributed by atoms with Crippen molar-refractivity contribution in [2.24, 2.45) is 0 Å². The number of hydrogen-bond acceptors (Lipinski definition) is 4. The summed E-state index contributed by atoms with van der Waals surface area (Å²) in [7, 11) is 0. The van der Waals surface area contributed by atoms with Crippen LogP contribution in [-0.4, -0.2) is 26.8 Å². The first-order chi connectivity index (χ1) is 5.68. The zero-order chi connectivity index (χ0) is 8.97. The van der Waals surface area contributed by atoms with Gasteiger partial charge in [-0.05, 0) is 13.0 Å². The number of carboxylic acid groups (broad SMARTS) is 1. The van der Waals surface area contributed by atoms with Crippen molar-refractivity contribution in [2.75, 3.05) is 5.75 Å². The molecular weight excluding hydrogens is 176 g/mol. The van der Waals surface area contributed by atoms with Crippen LogP contribution in [0.3, 0.4) is 0 Å². The molecule has 0 spiro atoms. The van der Waals surface area contributed by atoms with Crippen molar-refractivity contribution in [3.63, 3.8) is 0 Å². The van der Waals surface area contributed by atoms with Crippen molar-refractivity contribution in [1.29, 1.82) is 0 Å². The number of nitrogens with zero attached hydrogens (tertiary/aromatic N) is 2. The second kappa shape index (κ2) is 4.06. The minimum absolute atomic E-state index is 0.0181. The highest BCUT2D eigenvalue weighted by Crippen LogP contribution is 2.12. The fraction of sp³-hybridized carbons (Fsp3) is 0.286. The summed E-state index contributed by atoms with van der Waals surface area (Å²) in [6.07, 6.45) is 2.63. The van der Waals surface area contributed by atoms with Gasteiger partial charge < -0.3 is 5.11 Å². The summed E-state index contributed by atoms with van der Waals surface area (Å²) in [4.78, 5) is 18.0. The van der Waals surface area contributed by atoms with Gasteiger partial charge in [0.15, 0.2) is 0 Å². The Hall–Kier alpha value is -1.10. The quantitative estimate of drug-likeness (QED) is 0.553. The van der Waals surface area contributed by atoms with Crippen LogP contribution in [-0.2, 0) is 4.79 Å². The summed E-state index contributed by atoms with van der Waals surface area (Å²) in [5.74, 6) is -0.230. The Morgan fingerprint density at radius 1 is 1.83 bits per heavy atom. The second-order valence-electron chi connectivity index (χ2n) is 2.06. The summed E-state index contributed by atoms with van der Waals surface area (Å²) in [6.45, 7) is 1.74. The minimum Gasteiger partial charge on any atom is -0.481 e. The molecule has 0 fully saturated rings. The lowest BCUT2D eigenvalue weighted by molar-refractivity contribution is -0.133. The van der Waals surface area contributed by atoms with Gasteiger partial charge in [0.1, 0.15) is 10.9 Å². The van der Waals surface area contributed by atoms with E-state index in [1.165, 1.54) is 0 Å². The van der Waals surface area contributed by atoms with Crippen LogP contribution < -0.4 is 0 Å². The van der Waals surface area contributed by atoms with Crippen LogP contribution in [0.4, 0.5) is 0 Å². The molecule has 0 aliphatic heterocycles. The van der Waals surface area contributed by atoms with Crippen molar-refractivity contribution in [3.8, 4) is 0 Å². The first kappa shape index (κ1) is 8.99. The molecule has 0 bridgehead atoms. The Kier molecular flexibility index (Phi) is 3.04. The number of carboxylic acids is 1. The molecule has 5 heteroatoms. The van der Waals surface area contributed by atoms with Gasteiger partial charge in [0.05, 0.1) is 11.9 Å². The fourth-order valence-corrected chi connectivity index (χ4v) is 1.21. The van der Waals surface area contributed by atoms with Crippen LogP contribution in [0.25, 0.3) is 0 Å². The summed E-state index contributed by atoms with van der Waals surface area (Å²) in [5, 5.41) is 9.01. The maximum absolute atomic E-state index is 10.2. The van der Waals surface area contributed by atoms with Gasteiger partial charge in [-0.2, -0.15) is 0 Å². The van der Waals surface area contributed by atoms with E-state index in [4.69, 9.17) is 5.11 Å². The van der Waals surface area contributed by atoms with Gasteiger partial charge >= 0.3 is 5.97 Å². The molecule has 0 aliphatic carbocycles. The molecular formula is C7H7N2O2S. The smallest absolute Gasteiger partial charge is 0.313 e. The Bertz CT molecular complexity index is 290. The van der Waals surface area contributed by atoms with Crippen molar-refractivity contribution in [3.05, 3.63) is 18.1 Å². The number of carbonyl (C=O) groups is 1. The minimum atomic E-state index is -0.851. The molecule has 1 aromatic rings. The Labute approximate surface area is 74.0 Å². The van der Waals surface area contributed by atoms with E-state index in [0.717, 1.165) is 11.8 Å². The van der Waals surface area contributed by atoms with Crippen LogP contribution in [0, 0.1) is 13.1 Å². The van der Waals surface area contributed by atoms with E-state index in [9.17, 15) is 4.79 Å². The highest BCUT2D eigenvalue weighted by atomic mass is 32.2. The lowest BCUT2D eigenvalue weighted by Crippen LogP contribution is -1.98. The Balaban J connectivity index is 2.57. The number of thioether (sulfide) groups is 1. The maximum atomic E-state index is 10.2. The third kappa shape index (κ3) is 2.87. The van der Waals surface area contributed by atoms with Crippen LogP contribution in [0.1, 0.15) is 5.82 Å². The van der Waals surface area contributed by atoms with E-state index in [2.05, 4.69) is 16.2 Å². The number of hydrogen-bond donors (Lipinski definition) is 1. The molecule has 0 unspecified atom stereocenters. The monoisotopic (exact) mass is 183 g/mol. The first-order valence-electron chi connectivity index (χ1n) is 3.25. The number of aryl methyl sites for hydroxylation is 1. The van der Waals surface area contributed by atoms with Gasteiger partial charge in [-0.1, -0.05) is 11.8 Å². The summed E-state index contributed by atoms with van der Waals surface area (Å²) in [5.41, 5.74) is 0. The Morgan fingerprint density at radius 2 is 2.58 bits per heavy atom. The molecule has 0 amide bonds. The zero-order valence-corrected chi connectivity index (χ0v) is 7.26. The van der Waals surface area contributed by atoms with Gasteiger partial charge in [0, 0.05) is 0 Å². The van der Waals surface area contributed by atoms with Gasteiger partial charge in [-0.3, -0.25) is 4.79 Å². The van der Waals surface area contributed by atoms with Gasteiger partial charge in [-0.15, -0.1) is 0 Å². The van der Waals surface area contributed by atoms with E-state index in [-0.39, 0.29) is 5.75 Å². The van der Waals surface area contributed by atoms with Crippen molar-refractivity contribution in [1.82, 2.24) is 9.97 Å². The van der Waals surface area contributed by atoms with Gasteiger partial charge in [0.2, 0.25) is 0 Å². The molecule has 0 aliphatic rings. The van der Waals surface area contributed by atoms with E-state index >= 15 is 0 Å². The molecule has 63 valence electrons. The standard InChI is InChI=1S/C7H7N2O2S/c1-5-8-3-2-6(9-5)12-4-7(10)11/h2H,4H2,1H3,(H,10,11). The average molecular weight is 183 g/mol. The van der Waals surface area contributed by atoms with Crippen LogP contribution in [0.5, 0.6) is 0 Å². The molecule has 1 radical (unpaired) electrons. The maximum Gasteiger partial charge on any atom is 0.313 e. The van der Waals surface area contributed by atoms with E-state index in [1.807, 2.05) is 0 Å². The molecule has 12 heavy (non-hydrogen) atoms. The lowest BCUT2D eigenvalue weighted by atomic mass is 10.6. The van der Waals surface area contributed by atoms with Crippen LogP contribution >= 0.6 is 11.8 Å². The number of rotatable bonds is 3. The van der Waals surface area contributed by atoms with E-state index in [0.29, 0.717) is 10.9 Å². The fourth-order valence-electron chi connectivity index (χ4n) is 0.607. The number of aromatic nitrogens is 2. The van der Waals surface area contributed by atoms with Gasteiger partial charge in [0.25, 0.3) is 0 Å². The summed E-state index contributed by atoms with van der Waals surface area (Å²) >= 11 is 1.16. The van der Waals surface area contributed by atoms with Crippen LogP contribution in [0.15, 0.2) is 11.1 Å². The number of aliphatic carboxylic acids is 1. The van der Waals surface area contributed by atoms with Crippen molar-refractivity contribution >= 4 is 17.7 Å². The topological polar surface area (TPSA) is 63.1 Å². The predicted octanol–water partition coefficient (Wildman–Crippen LogP) is 0.762. The molecule has 1 aromatic heterocycles. The highest BCUT2D eigenvalue weighted by Gasteiger charge is 2.00. The summed E-state index contributed by atoms with van der Waals surface area (Å²) in [6, 6.07) is 1.57. The van der Waals surface area contributed by atoms with E-state index < -0.39 is 5.97 Å². The third-order valence-corrected chi connectivity index (χ3v) is 1.93. The third-order valence-electron chi connectivity index (χ3n) is 1.03. The molecule has 0 saturated heterocycles. The molecule has 0 saturated carbocycles. The van der Waals surface area contributed by atoms with Crippen molar-refractivity contribution in [2.45, 2.75) is 11.9 Å². The molecule has 1 rings (SSSR count). The summed E-state index contributed by atoms with van der Waals surface area (Å²) < 4.78 is 0. The zero-order valence-electron chi connectivity index (χ0n) is 6.44. The second-order valence-corrected chi connectivity index (χ2v) is 3.06. The van der Waals surface area contributed by atoms with Crippen molar-refractivity contribution < 1.29 is 9.90 Å². The Morgan fingerprint density at radius 3 is 3.17 bits per heavy atom. The van der Waals surface area contributed by atoms with Gasteiger partial charge in [-0.25, -0.2) is 9.97 Å². The largest absolute Gasteiger partial charge is 0.481 e. The van der Waals surface area contributed by atoms with E-state index in [1.54, 1.807) is 13.0 Å².